The fourth-order valence-corrected chi connectivity index (χ4v) is 11.8. The third kappa shape index (κ3) is 7.70. The number of ether oxygens (including phenoxy) is 8. The highest BCUT2D eigenvalue weighted by Crippen LogP contribution is 2.59. The second-order valence-corrected chi connectivity index (χ2v) is 19.0. The highest BCUT2D eigenvalue weighted by Gasteiger charge is 2.72. The van der Waals surface area contributed by atoms with Gasteiger partial charge in [-0.15, -0.1) is 0 Å². The molecule has 9 aliphatic heterocycles. The zero-order valence-electron chi connectivity index (χ0n) is 33.6. The van der Waals surface area contributed by atoms with E-state index in [1.165, 1.54) is 0 Å². The summed E-state index contributed by atoms with van der Waals surface area (Å²) in [5.74, 6) is -0.726. The van der Waals surface area contributed by atoms with Crippen molar-refractivity contribution in [2.24, 2.45) is 29.4 Å². The van der Waals surface area contributed by atoms with Crippen LogP contribution in [0.4, 0.5) is 0 Å². The van der Waals surface area contributed by atoms with Crippen molar-refractivity contribution in [3.63, 3.8) is 0 Å². The monoisotopic (exact) mass is 773 g/mol. The van der Waals surface area contributed by atoms with Crippen LogP contribution < -0.4 is 5.73 Å². The number of carbonyl (C=O) groups excluding carboxylic acids is 1. The zero-order chi connectivity index (χ0) is 39.0. The topological polar surface area (TPSA) is 157 Å². The average molecular weight is 774 g/mol. The molecule has 9 saturated heterocycles. The van der Waals surface area contributed by atoms with E-state index in [2.05, 4.69) is 40.9 Å². The van der Waals surface area contributed by atoms with Gasteiger partial charge in [-0.05, 0) is 68.4 Å². The van der Waals surface area contributed by atoms with Crippen LogP contribution in [-0.2, 0) is 42.7 Å². The molecule has 0 saturated carbocycles. The summed E-state index contributed by atoms with van der Waals surface area (Å²) in [5.41, 5.74) is 7.44. The third-order valence-electron chi connectivity index (χ3n) is 14.8. The fraction of sp³-hybridized carbons (Fsp3) is 0.884. The predicted octanol–water partition coefficient (Wildman–Crippen LogP) is 4.30. The summed E-state index contributed by atoms with van der Waals surface area (Å²) < 4.78 is 53.8. The number of carbonyl (C=O) groups is 1. The molecule has 310 valence electrons. The minimum absolute atomic E-state index is 0.00198. The van der Waals surface area contributed by atoms with Gasteiger partial charge >= 0.3 is 0 Å². The molecular formula is C43H67NO11. The van der Waals surface area contributed by atoms with Crippen LogP contribution in [0.25, 0.3) is 0 Å². The molecule has 9 rings (SSSR count). The van der Waals surface area contributed by atoms with Gasteiger partial charge in [-0.3, -0.25) is 4.79 Å². The predicted molar refractivity (Wildman–Crippen MR) is 202 cm³/mol. The van der Waals surface area contributed by atoms with Gasteiger partial charge in [-0.1, -0.05) is 33.9 Å². The van der Waals surface area contributed by atoms with Crippen molar-refractivity contribution < 1.29 is 52.9 Å². The molecule has 4 N–H and O–H groups in total. The molecule has 55 heavy (non-hydrogen) atoms. The van der Waals surface area contributed by atoms with Gasteiger partial charge in [-0.2, -0.15) is 0 Å². The van der Waals surface area contributed by atoms with Crippen molar-refractivity contribution in [1.29, 1.82) is 0 Å². The van der Waals surface area contributed by atoms with Crippen LogP contribution in [0.1, 0.15) is 105 Å². The number of Topliss-reactive ketones (excluding diaryl/α,β-unsaturated/α-hetero) is 1. The maximum Gasteiger partial charge on any atom is 0.172 e. The molecule has 20 atom stereocenters. The normalized spacial score (nSPS) is 52.4. The standard InChI is InChI=1S/C43H67NO11/c1-21-12-29-9-11-31-22(2)13-33(50-31)23(3)18-43-20-42(6)41(55-43)40-39(53-42)37(54-43)25(5)32(52-40)10-8-26(45)14-27(46)15-30-35(17-34(49-29)24(21)4)51-36(38(30)48-7)16-28(47)19-44/h21,23,25-26,28-41,45,47H,2,4,8-20,44H2,1,3,5-7H3/t21-,23+,25?,26?,28?,29?,30?,31+,32+,33?,34?,35+,36?,37?,38-,39?,40?,41?,42-,43-/m1/s1. The summed E-state index contributed by atoms with van der Waals surface area (Å²) in [4.78, 5) is 13.8. The zero-order valence-corrected chi connectivity index (χ0v) is 33.6. The van der Waals surface area contributed by atoms with E-state index in [1.807, 2.05) is 0 Å². The maximum absolute atomic E-state index is 13.8. The molecule has 0 aliphatic carbocycles. The van der Waals surface area contributed by atoms with Crippen LogP contribution >= 0.6 is 0 Å². The summed E-state index contributed by atoms with van der Waals surface area (Å²) in [6, 6.07) is 0. The van der Waals surface area contributed by atoms with Gasteiger partial charge in [0.15, 0.2) is 5.79 Å². The molecule has 12 heteroatoms. The van der Waals surface area contributed by atoms with E-state index in [0.29, 0.717) is 38.5 Å². The highest BCUT2D eigenvalue weighted by atomic mass is 16.8. The van der Waals surface area contributed by atoms with E-state index in [9.17, 15) is 15.0 Å². The minimum atomic E-state index is -0.828. The first-order valence-electron chi connectivity index (χ1n) is 21.3. The van der Waals surface area contributed by atoms with Crippen LogP contribution in [0, 0.1) is 23.7 Å². The fourth-order valence-electron chi connectivity index (χ4n) is 11.8. The lowest BCUT2D eigenvalue weighted by Crippen LogP contribution is -2.55. The maximum atomic E-state index is 13.8. The summed E-state index contributed by atoms with van der Waals surface area (Å²) in [6.45, 7) is 17.8. The Labute approximate surface area is 327 Å². The lowest BCUT2D eigenvalue weighted by Gasteiger charge is -2.43. The van der Waals surface area contributed by atoms with Crippen molar-refractivity contribution in [3.05, 3.63) is 24.3 Å². The van der Waals surface area contributed by atoms with Gasteiger partial charge in [0.2, 0.25) is 0 Å². The van der Waals surface area contributed by atoms with Crippen LogP contribution in [0.3, 0.4) is 0 Å². The number of fused-ring (bicyclic) bond motifs is 6. The first-order valence-corrected chi connectivity index (χ1v) is 21.3. The van der Waals surface area contributed by atoms with Crippen molar-refractivity contribution in [3.8, 4) is 0 Å². The van der Waals surface area contributed by atoms with Gasteiger partial charge in [-0.25, -0.2) is 0 Å². The largest absolute Gasteiger partial charge is 0.393 e. The van der Waals surface area contributed by atoms with Crippen molar-refractivity contribution in [2.75, 3.05) is 13.7 Å². The van der Waals surface area contributed by atoms with E-state index < -0.39 is 35.8 Å². The molecule has 0 radical (unpaired) electrons. The molecule has 0 aromatic carbocycles. The molecule has 12 nitrogen and oxygen atoms in total. The van der Waals surface area contributed by atoms with Gasteiger partial charge in [0.1, 0.15) is 29.7 Å². The summed E-state index contributed by atoms with van der Waals surface area (Å²) in [5, 5.41) is 21.8. The molecule has 9 heterocycles. The molecule has 9 fully saturated rings. The molecule has 1 spiro atoms. The van der Waals surface area contributed by atoms with Crippen LogP contribution in [-0.4, -0.2) is 126 Å². The number of hydrogen-bond acceptors (Lipinski definition) is 12. The quantitative estimate of drug-likeness (QED) is 0.349. The van der Waals surface area contributed by atoms with Crippen molar-refractivity contribution >= 4 is 5.78 Å². The Hall–Kier alpha value is -1.29. The van der Waals surface area contributed by atoms with Gasteiger partial charge in [0.25, 0.3) is 0 Å². The first kappa shape index (κ1) is 40.5. The summed E-state index contributed by atoms with van der Waals surface area (Å²) >= 11 is 0. The molecule has 0 aromatic heterocycles. The molecule has 12 unspecified atom stereocenters. The highest BCUT2D eigenvalue weighted by molar-refractivity contribution is 5.79. The van der Waals surface area contributed by atoms with Crippen LogP contribution in [0.15, 0.2) is 24.3 Å². The number of ketones is 1. The van der Waals surface area contributed by atoms with Gasteiger partial charge in [0, 0.05) is 64.0 Å². The van der Waals surface area contributed by atoms with Crippen molar-refractivity contribution in [2.45, 2.75) is 202 Å². The number of hydrogen-bond donors (Lipinski definition) is 3. The van der Waals surface area contributed by atoms with Crippen molar-refractivity contribution in [1.82, 2.24) is 0 Å². The number of aliphatic hydroxyl groups excluding tert-OH is 2. The van der Waals surface area contributed by atoms with Gasteiger partial charge < -0.3 is 53.8 Å². The molecule has 0 amide bonds. The molecule has 11 bridgehead atoms. The number of methoxy groups -OCH3 is 1. The SMILES string of the molecule is C=C1C2C[C@@H]3OC(CC(O)CN)[C@H](OC)C3CC(=O)CC(O)CC[C@@H]3OC4C5O[C@]6(C)C[C@](C[C@H](C)C7CC(=C)[C@H](CCC(C[C@H]1C)O2)O7)(OC5C3C)OC46. The molecular weight excluding hydrogens is 706 g/mol. The average Bonchev–Trinajstić information content (AvgIpc) is 3.78. The number of nitrogens with two attached hydrogens (primary N) is 1. The second-order valence-electron chi connectivity index (χ2n) is 19.0. The van der Waals surface area contributed by atoms with E-state index in [0.717, 1.165) is 36.8 Å². The third-order valence-corrected chi connectivity index (χ3v) is 14.8. The summed E-state index contributed by atoms with van der Waals surface area (Å²) in [6.07, 6.45) is 2.48. The number of aliphatic hydroxyl groups is 2. The Morgan fingerprint density at radius 3 is 2.45 bits per heavy atom. The van der Waals surface area contributed by atoms with E-state index in [1.54, 1.807) is 7.11 Å². The molecule has 0 aromatic rings. The minimum Gasteiger partial charge on any atom is -0.393 e. The lowest BCUT2D eigenvalue weighted by molar-refractivity contribution is -0.269. The Morgan fingerprint density at radius 1 is 0.891 bits per heavy atom. The Balaban J connectivity index is 1.05. The van der Waals surface area contributed by atoms with E-state index >= 15 is 0 Å². The Morgan fingerprint density at radius 2 is 1.69 bits per heavy atom. The Kier molecular flexibility index (Phi) is 11.6. The summed E-state index contributed by atoms with van der Waals surface area (Å²) in [7, 11) is 1.63. The number of rotatable bonds is 4. The first-order chi connectivity index (χ1) is 26.2. The van der Waals surface area contributed by atoms with Crippen LogP contribution in [0.2, 0.25) is 0 Å². The Bertz CT molecular complexity index is 1440. The van der Waals surface area contributed by atoms with E-state index in [-0.39, 0.29) is 110 Å². The lowest BCUT2D eigenvalue weighted by atomic mass is 9.81. The van der Waals surface area contributed by atoms with E-state index in [4.69, 9.17) is 43.6 Å². The van der Waals surface area contributed by atoms with Gasteiger partial charge in [0.05, 0.1) is 67.1 Å². The molecule has 9 aliphatic rings. The smallest absolute Gasteiger partial charge is 0.172 e. The van der Waals surface area contributed by atoms with Crippen LogP contribution in [0.5, 0.6) is 0 Å². The second kappa shape index (κ2) is 15.7.